The fourth-order valence-electron chi connectivity index (χ4n) is 2.03. The summed E-state index contributed by atoms with van der Waals surface area (Å²) in [5, 5.41) is 20.0. The van der Waals surface area contributed by atoms with Gasteiger partial charge < -0.3 is 17.9 Å². The van der Waals surface area contributed by atoms with Crippen molar-refractivity contribution in [3.05, 3.63) is 31.2 Å². The van der Waals surface area contributed by atoms with Crippen LogP contribution in [0.1, 0.15) is 57.9 Å². The predicted molar refractivity (Wildman–Crippen MR) is 91.8 cm³/mol. The Morgan fingerprint density at radius 1 is 0.864 bits per heavy atom. The molecule has 1 aromatic carbocycles. The summed E-state index contributed by atoms with van der Waals surface area (Å²) in [7, 11) is 0. The van der Waals surface area contributed by atoms with Gasteiger partial charge in [-0.3, -0.25) is 0 Å². The third kappa shape index (κ3) is 3.73. The first-order valence-corrected chi connectivity index (χ1v) is 8.63. The first kappa shape index (κ1) is 20.0. The second-order valence-electron chi connectivity index (χ2n) is 4.29. The molecule has 0 amide bonds. The van der Waals surface area contributed by atoms with Crippen molar-refractivity contribution in [2.24, 2.45) is 0 Å². The molecule has 0 aromatic heterocycles. The molecule has 10 heteroatoms. The molecule has 2 unspecified atom stereocenters. The van der Waals surface area contributed by atoms with Gasteiger partial charge in [-0.15, -0.1) is 0 Å². The molecule has 0 radical (unpaired) electrons. The molecular weight excluding hydrogens is 560 g/mol. The van der Waals surface area contributed by atoms with Crippen molar-refractivity contribution in [2.45, 2.75) is 26.1 Å². The van der Waals surface area contributed by atoms with Crippen LogP contribution in [0.3, 0.4) is 0 Å². The monoisotopic (exact) mass is 566 g/mol. The highest BCUT2D eigenvalue weighted by molar-refractivity contribution is 9.13. The van der Waals surface area contributed by atoms with Crippen LogP contribution < -0.4 is 0 Å². The van der Waals surface area contributed by atoms with Crippen molar-refractivity contribution < 1.29 is 27.5 Å². The van der Waals surface area contributed by atoms with E-state index < -0.39 is 24.1 Å². The Morgan fingerprint density at radius 3 is 1.64 bits per heavy atom. The van der Waals surface area contributed by atoms with E-state index in [4.69, 9.17) is 0 Å². The van der Waals surface area contributed by atoms with Gasteiger partial charge in [-0.25, -0.2) is 9.59 Å². The molecule has 122 valence electrons. The molecule has 0 heterocycles. The van der Waals surface area contributed by atoms with Crippen LogP contribution >= 0.6 is 64.4 Å². The third-order valence-corrected chi connectivity index (χ3v) is 5.58. The zero-order valence-corrected chi connectivity index (χ0v) is 17.5. The highest BCUT2D eigenvalue weighted by Crippen LogP contribution is 2.42. The molecule has 2 N–H and O–H groups in total. The SMILES string of the molecule is CC(O)c1c(Br)c(Br)c(C(=O)OBr)c(C(C)O)c1C(=O)OBr. The Bertz CT molecular complexity index is 614. The molecule has 1 aromatic rings. The number of rotatable bonds is 4. The van der Waals surface area contributed by atoms with Crippen molar-refractivity contribution in [3.63, 3.8) is 0 Å². The molecule has 6 nitrogen and oxygen atoms in total. The maximum absolute atomic E-state index is 12.1. The van der Waals surface area contributed by atoms with Crippen LogP contribution in [0.25, 0.3) is 0 Å². The van der Waals surface area contributed by atoms with Gasteiger partial charge in [0.25, 0.3) is 0 Å². The molecular formula is C12H10Br4O6. The Morgan fingerprint density at radius 2 is 1.27 bits per heavy atom. The summed E-state index contributed by atoms with van der Waals surface area (Å²) >= 11 is 11.6. The minimum atomic E-state index is -1.20. The topological polar surface area (TPSA) is 93.1 Å². The normalized spacial score (nSPS) is 13.5. The summed E-state index contributed by atoms with van der Waals surface area (Å²) in [5.41, 5.74) is -0.0703. The van der Waals surface area contributed by atoms with Gasteiger partial charge in [0.15, 0.2) is 32.5 Å². The fourth-order valence-corrected chi connectivity index (χ4v) is 3.67. The molecule has 1 rings (SSSR count). The smallest absolute Gasteiger partial charge is 0.351 e. The van der Waals surface area contributed by atoms with E-state index in [2.05, 4.69) is 72.0 Å². The van der Waals surface area contributed by atoms with Crippen LogP contribution in [-0.4, -0.2) is 22.2 Å². The summed E-state index contributed by atoms with van der Waals surface area (Å²) in [6, 6.07) is 0. The van der Waals surface area contributed by atoms with Gasteiger partial charge >= 0.3 is 11.9 Å². The van der Waals surface area contributed by atoms with E-state index in [0.717, 1.165) is 0 Å². The lowest BCUT2D eigenvalue weighted by atomic mass is 9.90. The van der Waals surface area contributed by atoms with Crippen molar-refractivity contribution in [1.82, 2.24) is 0 Å². The van der Waals surface area contributed by atoms with Crippen LogP contribution in [0, 0.1) is 0 Å². The molecule has 0 aliphatic carbocycles. The number of hydrogen-bond donors (Lipinski definition) is 2. The lowest BCUT2D eigenvalue weighted by molar-refractivity contribution is 0.0762. The quantitative estimate of drug-likeness (QED) is 0.563. The van der Waals surface area contributed by atoms with E-state index in [-0.39, 0.29) is 31.2 Å². The van der Waals surface area contributed by atoms with Crippen molar-refractivity contribution >= 4 is 76.3 Å². The van der Waals surface area contributed by atoms with E-state index in [0.29, 0.717) is 0 Å². The summed E-state index contributed by atoms with van der Waals surface area (Å²) in [5.74, 6) is -1.70. The highest BCUT2D eigenvalue weighted by atomic mass is 79.9. The molecule has 0 bridgehead atoms. The van der Waals surface area contributed by atoms with Crippen LogP contribution in [-0.2, 0) is 7.66 Å². The summed E-state index contributed by atoms with van der Waals surface area (Å²) < 4.78 is 9.55. The van der Waals surface area contributed by atoms with Crippen LogP contribution in [0.2, 0.25) is 0 Å². The minimum Gasteiger partial charge on any atom is -0.389 e. The highest BCUT2D eigenvalue weighted by Gasteiger charge is 2.33. The summed E-state index contributed by atoms with van der Waals surface area (Å²) in [4.78, 5) is 24.1. The number of aliphatic hydroxyl groups excluding tert-OH is 2. The third-order valence-electron chi connectivity index (χ3n) is 2.84. The number of carbonyl (C=O) groups is 2. The maximum atomic E-state index is 12.1. The van der Waals surface area contributed by atoms with Gasteiger partial charge in [0.1, 0.15) is 0 Å². The van der Waals surface area contributed by atoms with E-state index >= 15 is 0 Å². The Kier molecular flexibility index (Phi) is 7.47. The standard InChI is InChI=1S/C12H10Br4O6/c1-3(17)5-7(11(19)21-15)6(4(2)18)9(13)10(14)8(5)12(20)22-16/h3-4,17-18H,1-2H3. The van der Waals surface area contributed by atoms with Crippen molar-refractivity contribution in [1.29, 1.82) is 0 Å². The average molecular weight is 570 g/mol. The summed E-state index contributed by atoms with van der Waals surface area (Å²) in [6.07, 6.45) is -2.27. The van der Waals surface area contributed by atoms with Crippen LogP contribution in [0.15, 0.2) is 8.95 Å². The number of halogens is 4. The number of benzene rings is 1. The van der Waals surface area contributed by atoms with E-state index in [1.807, 2.05) is 0 Å². The van der Waals surface area contributed by atoms with Crippen molar-refractivity contribution in [3.8, 4) is 0 Å². The first-order valence-electron chi connectivity index (χ1n) is 5.75. The molecule has 0 saturated heterocycles. The van der Waals surface area contributed by atoms with Crippen molar-refractivity contribution in [2.75, 3.05) is 0 Å². The van der Waals surface area contributed by atoms with Gasteiger partial charge in [0.2, 0.25) is 0 Å². The molecule has 22 heavy (non-hydrogen) atoms. The number of aliphatic hydroxyl groups is 2. The zero-order chi connectivity index (χ0) is 17.2. The fraction of sp³-hybridized carbons (Fsp3) is 0.333. The predicted octanol–water partition coefficient (Wildman–Crippen LogP) is 4.25. The molecule has 0 fully saturated rings. The largest absolute Gasteiger partial charge is 0.389 e. The average Bonchev–Trinajstić information content (AvgIpc) is 2.46. The van der Waals surface area contributed by atoms with Gasteiger partial charge in [-0.05, 0) is 45.7 Å². The zero-order valence-electron chi connectivity index (χ0n) is 11.2. The van der Waals surface area contributed by atoms with E-state index in [1.165, 1.54) is 13.8 Å². The Hall–Kier alpha value is -0.000000000000000167. The molecule has 0 aliphatic rings. The van der Waals surface area contributed by atoms with Crippen LogP contribution in [0.4, 0.5) is 0 Å². The molecule has 2 atom stereocenters. The van der Waals surface area contributed by atoms with E-state index in [1.54, 1.807) is 0 Å². The lowest BCUT2D eigenvalue weighted by Crippen LogP contribution is -2.18. The second-order valence-corrected chi connectivity index (χ2v) is 6.52. The van der Waals surface area contributed by atoms with Gasteiger partial charge in [0, 0.05) is 20.1 Å². The van der Waals surface area contributed by atoms with Crippen LogP contribution in [0.5, 0.6) is 0 Å². The Balaban J connectivity index is 4.02. The maximum Gasteiger partial charge on any atom is 0.351 e. The molecule has 0 spiro atoms. The molecule has 0 saturated carbocycles. The van der Waals surface area contributed by atoms with Gasteiger partial charge in [0.05, 0.1) is 23.3 Å². The van der Waals surface area contributed by atoms with Gasteiger partial charge in [-0.2, -0.15) is 0 Å². The molecule has 0 aliphatic heterocycles. The van der Waals surface area contributed by atoms with E-state index in [9.17, 15) is 19.8 Å². The minimum absolute atomic E-state index is 0.0279. The second kappa shape index (κ2) is 8.20. The first-order chi connectivity index (χ1) is 10.2. The Labute approximate surface area is 160 Å². The summed E-state index contributed by atoms with van der Waals surface area (Å²) in [6.45, 7) is 2.81. The number of hydrogen-bond acceptors (Lipinski definition) is 6. The number of carbonyl (C=O) groups excluding carboxylic acids is 2. The van der Waals surface area contributed by atoms with Gasteiger partial charge in [-0.1, -0.05) is 0 Å². The lowest BCUT2D eigenvalue weighted by Gasteiger charge is -2.22.